The van der Waals surface area contributed by atoms with E-state index in [1.54, 1.807) is 6.07 Å². The van der Waals surface area contributed by atoms with Crippen LogP contribution in [0.5, 0.6) is 0 Å². The molecule has 2 aromatic rings. The van der Waals surface area contributed by atoms with Gasteiger partial charge in [-0.3, -0.25) is 14.4 Å². The summed E-state index contributed by atoms with van der Waals surface area (Å²) >= 11 is 12.0. The Hall–Kier alpha value is -2.37. The highest BCUT2D eigenvalue weighted by molar-refractivity contribution is 6.42. The van der Waals surface area contributed by atoms with Crippen molar-refractivity contribution in [2.24, 2.45) is 5.92 Å². The molecule has 1 fully saturated rings. The Morgan fingerprint density at radius 1 is 1.14 bits per heavy atom. The second-order valence-electron chi connectivity index (χ2n) is 6.86. The van der Waals surface area contributed by atoms with Crippen LogP contribution in [-0.4, -0.2) is 36.1 Å². The summed E-state index contributed by atoms with van der Waals surface area (Å²) in [5, 5.41) is 3.92. The summed E-state index contributed by atoms with van der Waals surface area (Å²) in [4.78, 5) is 37.7. The monoisotopic (exact) mass is 418 g/mol. The quantitative estimate of drug-likeness (QED) is 0.576. The lowest BCUT2D eigenvalue weighted by molar-refractivity contribution is -0.142. The third-order valence-electron chi connectivity index (χ3n) is 4.87. The van der Waals surface area contributed by atoms with E-state index < -0.39 is 23.5 Å². The molecule has 0 spiro atoms. The second-order valence-corrected chi connectivity index (χ2v) is 7.68. The molecule has 0 bridgehead atoms. The second kappa shape index (κ2) is 8.76. The molecule has 1 N–H and O–H groups in total. The minimum atomic E-state index is -0.964. The van der Waals surface area contributed by atoms with Crippen molar-refractivity contribution in [1.82, 2.24) is 10.2 Å². The van der Waals surface area contributed by atoms with Gasteiger partial charge in [-0.25, -0.2) is 0 Å². The average molecular weight is 419 g/mol. The van der Waals surface area contributed by atoms with Gasteiger partial charge in [0.2, 0.25) is 11.7 Å². The fourth-order valence-corrected chi connectivity index (χ4v) is 3.59. The van der Waals surface area contributed by atoms with Crippen molar-refractivity contribution in [3.63, 3.8) is 0 Å². The van der Waals surface area contributed by atoms with Crippen molar-refractivity contribution in [3.05, 3.63) is 69.7 Å². The standard InChI is InChI=1S/C21H20Cl2N2O3/c1-25-12-15(19(26)21(25)28)20(27)24-18(14-5-3-2-4-6-14)10-8-13-7-9-16(22)17(23)11-13/h2-7,9,11,15,18H,8,10,12H2,1H3,(H,24,27). The van der Waals surface area contributed by atoms with Crippen LogP contribution in [0.15, 0.2) is 48.5 Å². The number of carbonyl (C=O) groups excluding carboxylic acids is 3. The molecule has 5 nitrogen and oxygen atoms in total. The van der Waals surface area contributed by atoms with Crippen molar-refractivity contribution in [2.45, 2.75) is 18.9 Å². The molecule has 146 valence electrons. The van der Waals surface area contributed by atoms with Gasteiger partial charge >= 0.3 is 0 Å². The predicted octanol–water partition coefficient (Wildman–Crippen LogP) is 3.44. The highest BCUT2D eigenvalue weighted by atomic mass is 35.5. The molecule has 2 unspecified atom stereocenters. The molecule has 0 aromatic heterocycles. The number of likely N-dealkylation sites (N-methyl/N-ethyl adjacent to an activating group) is 1. The number of rotatable bonds is 6. The Morgan fingerprint density at radius 2 is 1.86 bits per heavy atom. The number of aryl methyl sites for hydroxylation is 1. The molecule has 1 aliphatic rings. The summed E-state index contributed by atoms with van der Waals surface area (Å²) in [6, 6.07) is 14.7. The molecule has 2 atom stereocenters. The molecule has 0 aliphatic carbocycles. The predicted molar refractivity (Wildman–Crippen MR) is 108 cm³/mol. The number of hydrogen-bond acceptors (Lipinski definition) is 3. The minimum absolute atomic E-state index is 0.109. The first-order valence-electron chi connectivity index (χ1n) is 8.95. The summed E-state index contributed by atoms with van der Waals surface area (Å²) in [7, 11) is 1.52. The van der Waals surface area contributed by atoms with Gasteiger partial charge in [-0.15, -0.1) is 0 Å². The number of halogens is 2. The Balaban J connectivity index is 1.74. The highest BCUT2D eigenvalue weighted by Crippen LogP contribution is 2.26. The van der Waals surface area contributed by atoms with E-state index in [0.29, 0.717) is 22.9 Å². The summed E-state index contributed by atoms with van der Waals surface area (Å²) < 4.78 is 0. The maximum Gasteiger partial charge on any atom is 0.290 e. The Kier molecular flexibility index (Phi) is 6.37. The van der Waals surface area contributed by atoms with Crippen LogP contribution < -0.4 is 5.32 Å². The lowest BCUT2D eigenvalue weighted by Gasteiger charge is -2.21. The third kappa shape index (κ3) is 4.54. The van der Waals surface area contributed by atoms with Crippen LogP contribution in [-0.2, 0) is 20.8 Å². The number of Topliss-reactive ketones (excluding diaryl/α,β-unsaturated/α-hetero) is 1. The molecule has 1 aliphatic heterocycles. The molecule has 2 aromatic carbocycles. The van der Waals surface area contributed by atoms with Crippen molar-refractivity contribution < 1.29 is 14.4 Å². The summed E-state index contributed by atoms with van der Waals surface area (Å²) in [5.41, 5.74) is 1.93. The molecule has 0 radical (unpaired) electrons. The molecule has 3 rings (SSSR count). The van der Waals surface area contributed by atoms with Gasteiger partial charge in [0.05, 0.1) is 16.1 Å². The summed E-state index contributed by atoms with van der Waals surface area (Å²) in [6.07, 6.45) is 1.27. The molecule has 28 heavy (non-hydrogen) atoms. The van der Waals surface area contributed by atoms with Crippen molar-refractivity contribution >= 4 is 40.8 Å². The minimum Gasteiger partial charge on any atom is -0.349 e. The zero-order valence-corrected chi connectivity index (χ0v) is 16.8. The zero-order valence-electron chi connectivity index (χ0n) is 15.3. The number of nitrogens with zero attached hydrogens (tertiary/aromatic N) is 1. The van der Waals surface area contributed by atoms with Crippen LogP contribution in [0.3, 0.4) is 0 Å². The van der Waals surface area contributed by atoms with Crippen molar-refractivity contribution in [1.29, 1.82) is 0 Å². The van der Waals surface area contributed by atoms with Crippen molar-refractivity contribution in [3.8, 4) is 0 Å². The van der Waals surface area contributed by atoms with E-state index >= 15 is 0 Å². The van der Waals surface area contributed by atoms with Crippen LogP contribution in [0, 0.1) is 5.92 Å². The van der Waals surface area contributed by atoms with Crippen LogP contribution in [0.4, 0.5) is 0 Å². The maximum atomic E-state index is 12.7. The topological polar surface area (TPSA) is 66.5 Å². The van der Waals surface area contributed by atoms with Gasteiger partial charge < -0.3 is 10.2 Å². The average Bonchev–Trinajstić information content (AvgIpc) is 2.95. The number of nitrogens with one attached hydrogen (secondary N) is 1. The van der Waals surface area contributed by atoms with Crippen molar-refractivity contribution in [2.75, 3.05) is 13.6 Å². The molecular weight excluding hydrogens is 399 g/mol. The van der Waals surface area contributed by atoms with Crippen LogP contribution in [0.1, 0.15) is 23.6 Å². The molecule has 0 saturated carbocycles. The molecular formula is C21H20Cl2N2O3. The fraction of sp³-hybridized carbons (Fsp3) is 0.286. The van der Waals surface area contributed by atoms with Gasteiger partial charge in [-0.05, 0) is 36.1 Å². The molecule has 2 amide bonds. The molecule has 1 heterocycles. The SMILES string of the molecule is CN1CC(C(=O)NC(CCc2ccc(Cl)c(Cl)c2)c2ccccc2)C(=O)C1=O. The fourth-order valence-electron chi connectivity index (χ4n) is 3.26. The maximum absolute atomic E-state index is 12.7. The smallest absolute Gasteiger partial charge is 0.290 e. The van der Waals surface area contributed by atoms with Crippen LogP contribution >= 0.6 is 23.2 Å². The third-order valence-corrected chi connectivity index (χ3v) is 5.61. The first-order valence-corrected chi connectivity index (χ1v) is 9.71. The van der Waals surface area contributed by atoms with E-state index in [4.69, 9.17) is 23.2 Å². The molecule has 7 heteroatoms. The van der Waals surface area contributed by atoms with Crippen LogP contribution in [0.2, 0.25) is 10.0 Å². The van der Waals surface area contributed by atoms with Gasteiger partial charge in [0.25, 0.3) is 5.91 Å². The summed E-state index contributed by atoms with van der Waals surface area (Å²) in [5.74, 6) is -2.66. The van der Waals surface area contributed by atoms with Gasteiger partial charge in [0.1, 0.15) is 5.92 Å². The number of likely N-dealkylation sites (tertiary alicyclic amines) is 1. The van der Waals surface area contributed by atoms with Gasteiger partial charge in [0.15, 0.2) is 0 Å². The van der Waals surface area contributed by atoms with E-state index in [1.807, 2.05) is 42.5 Å². The number of carbonyl (C=O) groups is 3. The number of ketones is 1. The van der Waals surface area contributed by atoms with Crippen LogP contribution in [0.25, 0.3) is 0 Å². The first-order chi connectivity index (χ1) is 13.4. The summed E-state index contributed by atoms with van der Waals surface area (Å²) in [6.45, 7) is 0.109. The Bertz CT molecular complexity index is 902. The lowest BCUT2D eigenvalue weighted by Crippen LogP contribution is -2.38. The number of benzene rings is 2. The van der Waals surface area contributed by atoms with E-state index in [1.165, 1.54) is 11.9 Å². The molecule has 1 saturated heterocycles. The van der Waals surface area contributed by atoms with E-state index in [-0.39, 0.29) is 12.6 Å². The van der Waals surface area contributed by atoms with Gasteiger partial charge in [0, 0.05) is 13.6 Å². The highest BCUT2D eigenvalue weighted by Gasteiger charge is 2.41. The van der Waals surface area contributed by atoms with E-state index in [9.17, 15) is 14.4 Å². The number of hydrogen-bond donors (Lipinski definition) is 1. The normalized spacial score (nSPS) is 17.7. The first kappa shape index (κ1) is 20.4. The van der Waals surface area contributed by atoms with Gasteiger partial charge in [-0.1, -0.05) is 59.6 Å². The van der Waals surface area contributed by atoms with Gasteiger partial charge in [-0.2, -0.15) is 0 Å². The lowest BCUT2D eigenvalue weighted by atomic mass is 9.97. The number of amides is 2. The Labute approximate surface area is 173 Å². The van der Waals surface area contributed by atoms with E-state index in [2.05, 4.69) is 5.32 Å². The zero-order chi connectivity index (χ0) is 20.3. The van der Waals surface area contributed by atoms with E-state index in [0.717, 1.165) is 11.1 Å². The Morgan fingerprint density at radius 3 is 2.46 bits per heavy atom. The largest absolute Gasteiger partial charge is 0.349 e.